The van der Waals surface area contributed by atoms with Gasteiger partial charge in [0.05, 0.1) is 20.0 Å². The summed E-state index contributed by atoms with van der Waals surface area (Å²) < 4.78 is 45.9. The van der Waals surface area contributed by atoms with Gasteiger partial charge in [0.2, 0.25) is 11.8 Å². The molecule has 0 spiro atoms. The predicted molar refractivity (Wildman–Crippen MR) is 199 cm³/mol. The van der Waals surface area contributed by atoms with E-state index >= 15 is 4.57 Å². The molecule has 3 heterocycles. The van der Waals surface area contributed by atoms with E-state index in [4.69, 9.17) is 29.2 Å². The maximum absolute atomic E-state index is 15.1. The first-order valence-corrected chi connectivity index (χ1v) is 21.0. The summed E-state index contributed by atoms with van der Waals surface area (Å²) in [6.45, 7) is 8.60. The van der Waals surface area contributed by atoms with Crippen LogP contribution in [-0.4, -0.2) is 97.5 Å². The number of imidazole rings is 1. The van der Waals surface area contributed by atoms with E-state index in [-0.39, 0.29) is 59.9 Å². The Kier molecular flexibility index (Phi) is 14.3. The minimum Gasteiger partial charge on any atom is -0.479 e. The summed E-state index contributed by atoms with van der Waals surface area (Å²) in [5, 5.41) is 28.9. The summed E-state index contributed by atoms with van der Waals surface area (Å²) >= 11 is 0. The highest BCUT2D eigenvalue weighted by molar-refractivity contribution is 7.54. The molecule has 54 heavy (non-hydrogen) atoms. The minimum atomic E-state index is -4.36. The van der Waals surface area contributed by atoms with E-state index in [1.165, 1.54) is 24.9 Å². The Balaban J connectivity index is 1.41. The number of aliphatic hydroxyl groups excluding tert-OH is 1. The molecule has 6 N–H and O–H groups in total. The molecule has 17 nitrogen and oxygen atoms in total. The van der Waals surface area contributed by atoms with Crippen molar-refractivity contribution in [1.82, 2.24) is 29.7 Å². The number of methoxy groups -OCH3 is 1. The molecule has 3 aliphatic rings. The SMILES string of the molecule is COc1nc(N)nc2c1ncn2[C@@H]1O[C@H](COP(=O)(N[C@@H](CC(C)C)C(=O)OC2CCCCC2)N[C@@H](CC(C)C)C(=O)OC2CCCCC2)[C@@H](O)[C@@]1(C)O. The van der Waals surface area contributed by atoms with Crippen LogP contribution in [0.15, 0.2) is 6.33 Å². The summed E-state index contributed by atoms with van der Waals surface area (Å²) in [6, 6.07) is -2.11. The van der Waals surface area contributed by atoms with Crippen LogP contribution < -0.4 is 20.6 Å². The van der Waals surface area contributed by atoms with Crippen LogP contribution in [0.5, 0.6) is 5.88 Å². The van der Waals surface area contributed by atoms with E-state index < -0.39 is 62.3 Å². The summed E-state index contributed by atoms with van der Waals surface area (Å²) in [7, 11) is -2.96. The van der Waals surface area contributed by atoms with Crippen LogP contribution in [0.1, 0.15) is 118 Å². The number of nitrogens with two attached hydrogens (primary N) is 1. The second-order valence-corrected chi connectivity index (χ2v) is 17.9. The average Bonchev–Trinajstić information content (AvgIpc) is 3.63. The lowest BCUT2D eigenvalue weighted by Crippen LogP contribution is -2.47. The largest absolute Gasteiger partial charge is 0.479 e. The molecule has 2 aliphatic carbocycles. The molecule has 6 atom stereocenters. The molecule has 304 valence electrons. The van der Waals surface area contributed by atoms with Gasteiger partial charge in [0.15, 0.2) is 17.4 Å². The van der Waals surface area contributed by atoms with E-state index in [0.717, 1.165) is 64.2 Å². The zero-order valence-electron chi connectivity index (χ0n) is 32.4. The van der Waals surface area contributed by atoms with Gasteiger partial charge in [-0.05, 0) is 83.0 Å². The molecule has 2 aromatic heterocycles. The number of hydrogen-bond acceptors (Lipinski definition) is 14. The fourth-order valence-electron chi connectivity index (χ4n) is 7.50. The van der Waals surface area contributed by atoms with Gasteiger partial charge in [0.25, 0.3) is 0 Å². The number of nitrogens with zero attached hydrogens (tertiary/aromatic N) is 4. The highest BCUT2D eigenvalue weighted by Gasteiger charge is 2.54. The quantitative estimate of drug-likeness (QED) is 0.111. The van der Waals surface area contributed by atoms with Crippen LogP contribution in [0.4, 0.5) is 5.95 Å². The molecule has 5 rings (SSSR count). The van der Waals surface area contributed by atoms with E-state index in [0.29, 0.717) is 0 Å². The number of rotatable bonds is 17. The molecule has 1 saturated heterocycles. The Morgan fingerprint density at radius 3 is 1.96 bits per heavy atom. The monoisotopic (exact) mass is 781 g/mol. The molecule has 0 radical (unpaired) electrons. The van der Waals surface area contributed by atoms with E-state index in [2.05, 4.69) is 25.1 Å². The smallest absolute Gasteiger partial charge is 0.342 e. The Bertz CT molecular complexity index is 1560. The van der Waals surface area contributed by atoms with Crippen molar-refractivity contribution in [1.29, 1.82) is 0 Å². The molecule has 3 fully saturated rings. The zero-order valence-corrected chi connectivity index (χ0v) is 33.3. The first-order valence-electron chi connectivity index (χ1n) is 19.4. The molecule has 2 saturated carbocycles. The number of nitrogens with one attached hydrogen (secondary N) is 2. The van der Waals surface area contributed by atoms with E-state index in [1.807, 2.05) is 27.7 Å². The number of carbonyl (C=O) groups is 2. The normalized spacial score (nSPS) is 25.6. The third-order valence-corrected chi connectivity index (χ3v) is 12.1. The first-order chi connectivity index (χ1) is 25.6. The van der Waals surface area contributed by atoms with Gasteiger partial charge in [-0.25, -0.2) is 15.2 Å². The first kappa shape index (κ1) is 42.2. The number of aromatic nitrogens is 4. The third kappa shape index (κ3) is 10.5. The summed E-state index contributed by atoms with van der Waals surface area (Å²) in [5.74, 6) is -1.12. The number of ether oxygens (including phenoxy) is 4. The van der Waals surface area contributed by atoms with Crippen molar-refractivity contribution < 1.29 is 47.8 Å². The molecule has 1 aliphatic heterocycles. The molecule has 0 unspecified atom stereocenters. The Hall–Kier alpha value is -2.92. The van der Waals surface area contributed by atoms with Gasteiger partial charge in [-0.3, -0.25) is 18.7 Å². The van der Waals surface area contributed by atoms with Gasteiger partial charge in [-0.2, -0.15) is 9.97 Å². The Labute approximate surface area is 317 Å². The molecular formula is C36H60N7O10P. The maximum Gasteiger partial charge on any atom is 0.342 e. The Morgan fingerprint density at radius 1 is 0.963 bits per heavy atom. The fourth-order valence-corrected chi connectivity index (χ4v) is 9.33. The highest BCUT2D eigenvalue weighted by Crippen LogP contribution is 2.45. The second-order valence-electron chi connectivity index (χ2n) is 16.0. The zero-order chi connectivity index (χ0) is 39.2. The third-order valence-electron chi connectivity index (χ3n) is 10.3. The number of nitrogen functional groups attached to an aromatic ring is 1. The van der Waals surface area contributed by atoms with Gasteiger partial charge < -0.3 is 39.4 Å². The van der Waals surface area contributed by atoms with Crippen LogP contribution in [0.2, 0.25) is 0 Å². The molecule has 0 bridgehead atoms. The number of anilines is 1. The van der Waals surface area contributed by atoms with Crippen molar-refractivity contribution >= 4 is 36.7 Å². The van der Waals surface area contributed by atoms with Gasteiger partial charge in [-0.15, -0.1) is 0 Å². The number of fused-ring (bicyclic) bond motifs is 1. The molecule has 0 aromatic carbocycles. The Morgan fingerprint density at radius 2 is 1.48 bits per heavy atom. The van der Waals surface area contributed by atoms with Gasteiger partial charge in [-0.1, -0.05) is 40.5 Å². The number of hydrogen-bond donors (Lipinski definition) is 5. The van der Waals surface area contributed by atoms with Gasteiger partial charge in [0, 0.05) is 0 Å². The average molecular weight is 782 g/mol. The van der Waals surface area contributed by atoms with Crippen molar-refractivity contribution in [2.45, 2.75) is 160 Å². The summed E-state index contributed by atoms with van der Waals surface area (Å²) in [6.07, 6.45) is 6.39. The van der Waals surface area contributed by atoms with E-state index in [9.17, 15) is 19.8 Å². The van der Waals surface area contributed by atoms with Crippen molar-refractivity contribution in [3.8, 4) is 5.88 Å². The molecule has 0 amide bonds. The highest BCUT2D eigenvalue weighted by atomic mass is 31.2. The fraction of sp³-hybridized carbons (Fsp3) is 0.806. The van der Waals surface area contributed by atoms with Crippen molar-refractivity contribution in [2.75, 3.05) is 19.5 Å². The van der Waals surface area contributed by atoms with Crippen LogP contribution in [0.25, 0.3) is 11.2 Å². The van der Waals surface area contributed by atoms with Crippen molar-refractivity contribution in [3.63, 3.8) is 0 Å². The van der Waals surface area contributed by atoms with Crippen LogP contribution >= 0.6 is 7.67 Å². The second kappa shape index (κ2) is 18.4. The number of carbonyl (C=O) groups excluding carboxylic acids is 2. The molecular weight excluding hydrogens is 721 g/mol. The molecule has 2 aromatic rings. The number of esters is 2. The maximum atomic E-state index is 15.1. The van der Waals surface area contributed by atoms with Crippen LogP contribution in [-0.2, 0) is 32.9 Å². The predicted octanol–water partition coefficient (Wildman–Crippen LogP) is 4.31. The lowest BCUT2D eigenvalue weighted by Gasteiger charge is -2.32. The lowest BCUT2D eigenvalue weighted by atomic mass is 9.96. The topological polar surface area (TPSA) is 231 Å². The number of aliphatic hydroxyl groups is 2. The standard InChI is InChI=1S/C36H60N7O10P/c1-21(2)17-25(32(45)51-23-13-9-7-10-14-23)41-54(48,42-26(18-22(3)4)33(46)52-24-15-11-8-12-16-24)50-19-27-29(44)36(5,47)34(53-27)43-20-38-28-30(43)39-35(37)40-31(28)49-6/h20-27,29,34,44,47H,7-19H2,1-6H3,(H2,37,39,40)(H2,41,42,48)/t25-,26-,27+,29+,34+,36+/m0/s1. The summed E-state index contributed by atoms with van der Waals surface area (Å²) in [4.78, 5) is 40.0. The minimum absolute atomic E-state index is 0.00472. The lowest BCUT2D eigenvalue weighted by molar-refractivity contribution is -0.153. The molecule has 18 heteroatoms. The van der Waals surface area contributed by atoms with Crippen molar-refractivity contribution in [2.24, 2.45) is 11.8 Å². The van der Waals surface area contributed by atoms with Crippen LogP contribution in [0.3, 0.4) is 0 Å². The van der Waals surface area contributed by atoms with Crippen LogP contribution in [0, 0.1) is 11.8 Å². The van der Waals surface area contributed by atoms with Crippen molar-refractivity contribution in [3.05, 3.63) is 6.33 Å². The van der Waals surface area contributed by atoms with Gasteiger partial charge >= 0.3 is 19.6 Å². The van der Waals surface area contributed by atoms with E-state index in [1.54, 1.807) is 0 Å². The summed E-state index contributed by atoms with van der Waals surface area (Å²) in [5.41, 5.74) is 4.43. The van der Waals surface area contributed by atoms with Gasteiger partial charge in [0.1, 0.15) is 42.1 Å².